The van der Waals surface area contributed by atoms with Crippen molar-refractivity contribution in [3.63, 3.8) is 0 Å². The Morgan fingerprint density at radius 3 is 2.27 bits per heavy atom. The lowest BCUT2D eigenvalue weighted by molar-refractivity contribution is 0.0537. The molecule has 0 N–H and O–H groups in total. The van der Waals surface area contributed by atoms with E-state index in [0.29, 0.717) is 5.92 Å². The van der Waals surface area contributed by atoms with Crippen LogP contribution in [0.25, 0.3) is 0 Å². The highest BCUT2D eigenvalue weighted by Crippen LogP contribution is 2.74. The summed E-state index contributed by atoms with van der Waals surface area (Å²) in [6.07, 6.45) is 6.03. The van der Waals surface area contributed by atoms with Crippen molar-refractivity contribution in [1.29, 1.82) is 0 Å². The van der Waals surface area contributed by atoms with Crippen LogP contribution in [0.3, 0.4) is 0 Å². The smallest absolute Gasteiger partial charge is 0.206 e. The van der Waals surface area contributed by atoms with Crippen LogP contribution in [0.4, 0.5) is 8.78 Å². The van der Waals surface area contributed by atoms with Crippen molar-refractivity contribution in [2.75, 3.05) is 0 Å². The Kier molecular flexibility index (Phi) is 0.778. The summed E-state index contributed by atoms with van der Waals surface area (Å²) in [5.74, 6) is -1.63. The van der Waals surface area contributed by atoms with E-state index in [2.05, 4.69) is 6.08 Å². The molecule has 0 heterocycles. The molecule has 0 aliphatic heterocycles. The van der Waals surface area contributed by atoms with Crippen molar-refractivity contribution < 1.29 is 8.78 Å². The first-order chi connectivity index (χ1) is 5.14. The highest BCUT2D eigenvalue weighted by molar-refractivity contribution is 5.27. The molecule has 0 radical (unpaired) electrons. The Labute approximate surface area is 64.3 Å². The molecule has 0 unspecified atom stereocenters. The van der Waals surface area contributed by atoms with Gasteiger partial charge in [0.25, 0.3) is 5.92 Å². The molecule has 0 saturated heterocycles. The molecule has 1 spiro atoms. The summed E-state index contributed by atoms with van der Waals surface area (Å²) in [6.45, 7) is 0. The lowest BCUT2D eigenvalue weighted by Crippen LogP contribution is -2.16. The maximum atomic E-state index is 12.9. The standard InChI is InChI=1S/C9H10F2/c10-9(11)5-8(9)4-6-1-2-7(8)3-6/h1-2,6-7H,3-5H2/t6-,7+,8-/m1/s1. The maximum absolute atomic E-state index is 12.9. The third-order valence-corrected chi connectivity index (χ3v) is 3.65. The van der Waals surface area contributed by atoms with Crippen LogP contribution in [-0.2, 0) is 0 Å². The normalized spacial score (nSPS) is 55.8. The highest BCUT2D eigenvalue weighted by atomic mass is 19.3. The van der Waals surface area contributed by atoms with Gasteiger partial charge in [0.05, 0.1) is 0 Å². The van der Waals surface area contributed by atoms with Crippen LogP contribution in [0.15, 0.2) is 12.2 Å². The van der Waals surface area contributed by atoms with Gasteiger partial charge in [0, 0.05) is 11.8 Å². The van der Waals surface area contributed by atoms with E-state index in [0.717, 1.165) is 12.8 Å². The minimum atomic E-state index is -2.32. The van der Waals surface area contributed by atoms with E-state index >= 15 is 0 Å². The molecule has 0 amide bonds. The fourth-order valence-electron chi connectivity index (χ4n) is 2.93. The second-order valence-corrected chi connectivity index (χ2v) is 4.23. The molecular weight excluding hydrogens is 146 g/mol. The molecule has 3 rings (SSSR count). The molecule has 60 valence electrons. The van der Waals surface area contributed by atoms with E-state index in [-0.39, 0.29) is 12.3 Å². The minimum Gasteiger partial charge on any atom is -0.206 e. The summed E-state index contributed by atoms with van der Waals surface area (Å²) in [6, 6.07) is 0. The van der Waals surface area contributed by atoms with Gasteiger partial charge in [-0.05, 0) is 24.7 Å². The number of halogens is 2. The number of rotatable bonds is 0. The zero-order chi connectivity index (χ0) is 7.69. The van der Waals surface area contributed by atoms with Crippen molar-refractivity contribution in [1.82, 2.24) is 0 Å². The average molecular weight is 156 g/mol. The maximum Gasteiger partial charge on any atom is 0.255 e. The Balaban J connectivity index is 1.99. The molecule has 3 aliphatic carbocycles. The fourth-order valence-corrected chi connectivity index (χ4v) is 2.93. The van der Waals surface area contributed by atoms with Gasteiger partial charge in [0.1, 0.15) is 0 Å². The second kappa shape index (κ2) is 1.39. The number of hydrogen-bond acceptors (Lipinski definition) is 0. The predicted molar refractivity (Wildman–Crippen MR) is 37.4 cm³/mol. The van der Waals surface area contributed by atoms with E-state index in [1.165, 1.54) is 0 Å². The summed E-state index contributed by atoms with van der Waals surface area (Å²) in [5.41, 5.74) is -0.563. The quantitative estimate of drug-likeness (QED) is 0.473. The largest absolute Gasteiger partial charge is 0.255 e. The molecule has 11 heavy (non-hydrogen) atoms. The topological polar surface area (TPSA) is 0 Å². The van der Waals surface area contributed by atoms with Crippen molar-refractivity contribution in [2.45, 2.75) is 25.2 Å². The van der Waals surface area contributed by atoms with Crippen molar-refractivity contribution in [3.05, 3.63) is 12.2 Å². The van der Waals surface area contributed by atoms with Gasteiger partial charge in [0.2, 0.25) is 0 Å². The molecule has 0 aromatic rings. The molecule has 3 atom stereocenters. The molecule has 2 heteroatoms. The molecule has 2 fully saturated rings. The van der Waals surface area contributed by atoms with Crippen LogP contribution >= 0.6 is 0 Å². The van der Waals surface area contributed by atoms with Crippen LogP contribution in [0.1, 0.15) is 19.3 Å². The van der Waals surface area contributed by atoms with Gasteiger partial charge in [0.15, 0.2) is 0 Å². The van der Waals surface area contributed by atoms with E-state index in [9.17, 15) is 8.78 Å². The summed E-state index contributed by atoms with van der Waals surface area (Å²) < 4.78 is 25.8. The number of fused-ring (bicyclic) bond motifs is 3. The van der Waals surface area contributed by atoms with Crippen molar-refractivity contribution >= 4 is 0 Å². The molecule has 2 saturated carbocycles. The fraction of sp³-hybridized carbons (Fsp3) is 0.778. The highest BCUT2D eigenvalue weighted by Gasteiger charge is 2.76. The SMILES string of the molecule is FC1(F)C[C@@]12C[C@@H]1C=C[C@H]2C1. The minimum absolute atomic E-state index is 0.158. The van der Waals surface area contributed by atoms with Gasteiger partial charge in [-0.1, -0.05) is 12.2 Å². The zero-order valence-electron chi connectivity index (χ0n) is 6.19. The Hall–Kier alpha value is -0.400. The molecule has 0 aromatic heterocycles. The monoisotopic (exact) mass is 156 g/mol. The Morgan fingerprint density at radius 1 is 1.27 bits per heavy atom. The number of hydrogen-bond donors (Lipinski definition) is 0. The van der Waals surface area contributed by atoms with E-state index < -0.39 is 11.3 Å². The summed E-state index contributed by atoms with van der Waals surface area (Å²) in [7, 11) is 0. The molecule has 0 nitrogen and oxygen atoms in total. The molecule has 0 aromatic carbocycles. The van der Waals surface area contributed by atoms with Crippen LogP contribution in [0.5, 0.6) is 0 Å². The van der Waals surface area contributed by atoms with Gasteiger partial charge >= 0.3 is 0 Å². The number of alkyl halides is 2. The molecular formula is C9H10F2. The van der Waals surface area contributed by atoms with E-state index in [4.69, 9.17) is 0 Å². The predicted octanol–water partition coefficient (Wildman–Crippen LogP) is 2.61. The zero-order valence-corrected chi connectivity index (χ0v) is 6.19. The third-order valence-electron chi connectivity index (χ3n) is 3.65. The van der Waals surface area contributed by atoms with Crippen molar-refractivity contribution in [3.8, 4) is 0 Å². The van der Waals surface area contributed by atoms with Crippen molar-refractivity contribution in [2.24, 2.45) is 17.3 Å². The van der Waals surface area contributed by atoms with Crippen LogP contribution in [0.2, 0.25) is 0 Å². The third kappa shape index (κ3) is 0.522. The van der Waals surface area contributed by atoms with Gasteiger partial charge in [-0.2, -0.15) is 0 Å². The van der Waals surface area contributed by atoms with Crippen LogP contribution in [0, 0.1) is 17.3 Å². The summed E-state index contributed by atoms with van der Waals surface area (Å²) >= 11 is 0. The summed E-state index contributed by atoms with van der Waals surface area (Å²) in [5, 5.41) is 0. The van der Waals surface area contributed by atoms with Gasteiger partial charge in [-0.25, -0.2) is 8.78 Å². The van der Waals surface area contributed by atoms with Gasteiger partial charge < -0.3 is 0 Å². The molecule has 2 bridgehead atoms. The first-order valence-electron chi connectivity index (χ1n) is 4.20. The van der Waals surface area contributed by atoms with Gasteiger partial charge in [-0.3, -0.25) is 0 Å². The molecule has 3 aliphatic rings. The Morgan fingerprint density at radius 2 is 2.00 bits per heavy atom. The van der Waals surface area contributed by atoms with E-state index in [1.54, 1.807) is 0 Å². The lowest BCUT2D eigenvalue weighted by atomic mass is 9.90. The number of allylic oxidation sites excluding steroid dienone is 2. The second-order valence-electron chi connectivity index (χ2n) is 4.23. The van der Waals surface area contributed by atoms with Crippen LogP contribution in [-0.4, -0.2) is 5.92 Å². The first kappa shape index (κ1) is 6.15. The average Bonchev–Trinajstić information content (AvgIpc) is 2.37. The van der Waals surface area contributed by atoms with Gasteiger partial charge in [-0.15, -0.1) is 0 Å². The lowest BCUT2D eigenvalue weighted by Gasteiger charge is -2.16. The summed E-state index contributed by atoms with van der Waals surface area (Å²) in [4.78, 5) is 0. The van der Waals surface area contributed by atoms with Crippen LogP contribution < -0.4 is 0 Å². The van der Waals surface area contributed by atoms with E-state index in [1.807, 2.05) is 6.08 Å². The first-order valence-corrected chi connectivity index (χ1v) is 4.20. The Bertz CT molecular complexity index is 244.